The van der Waals surface area contributed by atoms with Crippen molar-refractivity contribution in [1.82, 2.24) is 0 Å². The lowest BCUT2D eigenvalue weighted by atomic mass is 9.80. The Labute approximate surface area is 97.5 Å². The van der Waals surface area contributed by atoms with E-state index in [0.29, 0.717) is 12.0 Å². The molecule has 0 saturated heterocycles. The van der Waals surface area contributed by atoms with Crippen molar-refractivity contribution in [2.24, 2.45) is 5.73 Å². The lowest BCUT2D eigenvalue weighted by Gasteiger charge is -2.28. The fourth-order valence-electron chi connectivity index (χ4n) is 2.62. The van der Waals surface area contributed by atoms with Gasteiger partial charge in [-0.1, -0.05) is 37.1 Å². The second kappa shape index (κ2) is 4.58. The Kier molecular flexibility index (Phi) is 3.37. The molecule has 0 radical (unpaired) electrons. The molecule has 1 aliphatic rings. The lowest BCUT2D eigenvalue weighted by molar-refractivity contribution is 0.502. The van der Waals surface area contributed by atoms with Crippen LogP contribution in [-0.4, -0.2) is 5.75 Å². The third kappa shape index (κ3) is 2.06. The van der Waals surface area contributed by atoms with Gasteiger partial charge in [0, 0.05) is 12.0 Å². The molecule has 1 fully saturated rings. The molecule has 1 aliphatic carbocycles. The monoisotopic (exact) mass is 221 g/mol. The van der Waals surface area contributed by atoms with E-state index in [1.54, 1.807) is 0 Å². The van der Waals surface area contributed by atoms with Gasteiger partial charge in [0.2, 0.25) is 0 Å². The molecule has 0 aliphatic heterocycles. The molecule has 0 heterocycles. The van der Waals surface area contributed by atoms with Crippen LogP contribution in [0.3, 0.4) is 0 Å². The van der Waals surface area contributed by atoms with Gasteiger partial charge in [-0.15, -0.1) is 0 Å². The summed E-state index contributed by atoms with van der Waals surface area (Å²) in [6, 6.07) is 8.73. The number of nitrogens with two attached hydrogens (primary N) is 1. The van der Waals surface area contributed by atoms with Crippen molar-refractivity contribution in [3.8, 4) is 0 Å². The van der Waals surface area contributed by atoms with Crippen LogP contribution < -0.4 is 5.73 Å². The molecule has 1 aromatic rings. The zero-order chi connectivity index (χ0) is 10.7. The van der Waals surface area contributed by atoms with E-state index in [4.69, 9.17) is 5.73 Å². The van der Waals surface area contributed by atoms with Gasteiger partial charge >= 0.3 is 0 Å². The summed E-state index contributed by atoms with van der Waals surface area (Å²) >= 11 is 4.55. The molecular formula is C13H19NS. The van der Waals surface area contributed by atoms with Crippen LogP contribution in [0.25, 0.3) is 0 Å². The molecule has 0 aromatic heterocycles. The van der Waals surface area contributed by atoms with E-state index in [9.17, 15) is 0 Å². The first-order chi connectivity index (χ1) is 7.30. The average Bonchev–Trinajstić information content (AvgIpc) is 2.79. The molecule has 2 rings (SSSR count). The van der Waals surface area contributed by atoms with Crippen molar-refractivity contribution in [2.45, 2.75) is 37.6 Å². The first-order valence-electron chi connectivity index (χ1n) is 5.71. The van der Waals surface area contributed by atoms with Crippen LogP contribution in [0.15, 0.2) is 24.3 Å². The molecule has 15 heavy (non-hydrogen) atoms. The van der Waals surface area contributed by atoms with Crippen LogP contribution in [0.2, 0.25) is 0 Å². The van der Waals surface area contributed by atoms with Crippen LogP contribution in [0.1, 0.15) is 36.8 Å². The van der Waals surface area contributed by atoms with E-state index in [2.05, 4.69) is 36.9 Å². The van der Waals surface area contributed by atoms with Gasteiger partial charge in [0.05, 0.1) is 0 Å². The van der Waals surface area contributed by atoms with Gasteiger partial charge in [0.25, 0.3) is 0 Å². The van der Waals surface area contributed by atoms with E-state index in [-0.39, 0.29) is 0 Å². The van der Waals surface area contributed by atoms with Crippen LogP contribution in [-0.2, 0) is 12.0 Å². The number of hydrogen-bond acceptors (Lipinski definition) is 2. The summed E-state index contributed by atoms with van der Waals surface area (Å²) < 4.78 is 0. The van der Waals surface area contributed by atoms with Gasteiger partial charge in [-0.2, -0.15) is 12.6 Å². The summed E-state index contributed by atoms with van der Waals surface area (Å²) in [6.07, 6.45) is 5.25. The summed E-state index contributed by atoms with van der Waals surface area (Å²) in [5.41, 5.74) is 8.69. The highest BCUT2D eigenvalue weighted by atomic mass is 32.1. The van der Waals surface area contributed by atoms with E-state index < -0.39 is 0 Å². The van der Waals surface area contributed by atoms with Crippen LogP contribution in [0.5, 0.6) is 0 Å². The Balaban J connectivity index is 2.33. The molecule has 0 amide bonds. The second-order valence-electron chi connectivity index (χ2n) is 4.55. The Hall–Kier alpha value is -0.470. The summed E-state index contributed by atoms with van der Waals surface area (Å²) in [6.45, 7) is 0.635. The SMILES string of the molecule is NCc1cccc(C2(CS)CCCC2)c1. The number of hydrogen-bond donors (Lipinski definition) is 2. The van der Waals surface area contributed by atoms with Crippen molar-refractivity contribution in [2.75, 3.05) is 5.75 Å². The van der Waals surface area contributed by atoms with E-state index in [1.165, 1.54) is 36.8 Å². The van der Waals surface area contributed by atoms with Gasteiger partial charge in [-0.25, -0.2) is 0 Å². The molecule has 1 saturated carbocycles. The fourth-order valence-corrected chi connectivity index (χ4v) is 3.12. The molecule has 0 atom stereocenters. The lowest BCUT2D eigenvalue weighted by Crippen LogP contribution is -2.24. The second-order valence-corrected chi connectivity index (χ2v) is 4.87. The minimum absolute atomic E-state index is 0.328. The first-order valence-corrected chi connectivity index (χ1v) is 6.34. The highest BCUT2D eigenvalue weighted by molar-refractivity contribution is 7.80. The van der Waals surface area contributed by atoms with Crippen molar-refractivity contribution in [3.05, 3.63) is 35.4 Å². The fraction of sp³-hybridized carbons (Fsp3) is 0.538. The predicted octanol–water partition coefficient (Wildman–Crippen LogP) is 2.89. The quantitative estimate of drug-likeness (QED) is 0.754. The first kappa shape index (κ1) is 11.0. The van der Waals surface area contributed by atoms with Crippen molar-refractivity contribution < 1.29 is 0 Å². The van der Waals surface area contributed by atoms with Crippen molar-refractivity contribution in [1.29, 1.82) is 0 Å². The van der Waals surface area contributed by atoms with Gasteiger partial charge < -0.3 is 5.73 Å². The standard InChI is InChI=1S/C13H19NS/c14-9-11-4-3-5-12(8-11)13(10-15)6-1-2-7-13/h3-5,8,15H,1-2,6-7,9-10,14H2. The van der Waals surface area contributed by atoms with Crippen molar-refractivity contribution >= 4 is 12.6 Å². The van der Waals surface area contributed by atoms with Crippen LogP contribution in [0, 0.1) is 0 Å². The predicted molar refractivity (Wildman–Crippen MR) is 68.3 cm³/mol. The molecular weight excluding hydrogens is 202 g/mol. The maximum absolute atomic E-state index is 5.68. The van der Waals surface area contributed by atoms with Gasteiger partial charge in [0.15, 0.2) is 0 Å². The van der Waals surface area contributed by atoms with E-state index in [1.807, 2.05) is 0 Å². The molecule has 2 N–H and O–H groups in total. The third-order valence-corrected chi connectivity index (χ3v) is 4.24. The summed E-state index contributed by atoms with van der Waals surface area (Å²) in [5, 5.41) is 0. The Bertz CT molecular complexity index is 329. The summed E-state index contributed by atoms with van der Waals surface area (Å²) in [7, 11) is 0. The molecule has 0 spiro atoms. The summed E-state index contributed by atoms with van der Waals surface area (Å²) in [4.78, 5) is 0. The Morgan fingerprint density at radius 1 is 1.27 bits per heavy atom. The molecule has 2 heteroatoms. The molecule has 1 aromatic carbocycles. The molecule has 0 unspecified atom stereocenters. The molecule has 82 valence electrons. The number of rotatable bonds is 3. The summed E-state index contributed by atoms with van der Waals surface area (Å²) in [5.74, 6) is 0.959. The normalized spacial score (nSPS) is 19.3. The highest BCUT2D eigenvalue weighted by Crippen LogP contribution is 2.42. The van der Waals surface area contributed by atoms with Crippen LogP contribution >= 0.6 is 12.6 Å². The van der Waals surface area contributed by atoms with E-state index in [0.717, 1.165) is 5.75 Å². The van der Waals surface area contributed by atoms with Crippen LogP contribution in [0.4, 0.5) is 0 Å². The van der Waals surface area contributed by atoms with Gasteiger partial charge in [-0.05, 0) is 29.7 Å². The largest absolute Gasteiger partial charge is 0.326 e. The third-order valence-electron chi connectivity index (χ3n) is 3.64. The maximum atomic E-state index is 5.68. The minimum atomic E-state index is 0.328. The number of benzene rings is 1. The minimum Gasteiger partial charge on any atom is -0.326 e. The molecule has 1 nitrogen and oxygen atoms in total. The highest BCUT2D eigenvalue weighted by Gasteiger charge is 2.34. The Morgan fingerprint density at radius 3 is 2.60 bits per heavy atom. The number of thiol groups is 1. The smallest absolute Gasteiger partial charge is 0.0178 e. The maximum Gasteiger partial charge on any atom is 0.0178 e. The van der Waals surface area contributed by atoms with Crippen molar-refractivity contribution in [3.63, 3.8) is 0 Å². The zero-order valence-electron chi connectivity index (χ0n) is 9.08. The topological polar surface area (TPSA) is 26.0 Å². The Morgan fingerprint density at radius 2 is 2.00 bits per heavy atom. The van der Waals surface area contributed by atoms with Gasteiger partial charge in [-0.3, -0.25) is 0 Å². The zero-order valence-corrected chi connectivity index (χ0v) is 9.97. The van der Waals surface area contributed by atoms with E-state index >= 15 is 0 Å². The average molecular weight is 221 g/mol. The molecule has 0 bridgehead atoms. The van der Waals surface area contributed by atoms with Gasteiger partial charge in [0.1, 0.15) is 0 Å².